The van der Waals surface area contributed by atoms with Crippen LogP contribution in [0.2, 0.25) is 0 Å². The topological polar surface area (TPSA) is 166 Å². The standard InChI is InChI=1S/C33H47N5O7/c1-32(2,3)45-31(44)36-25-15-11-6-4-5-10-14-23-19-33(23,37-28(41)26-18-24(39)21-38(26)29(25)42)30(43)34-17-16-27(40)35-20-22-12-8-7-9-13-22/h7-10,12-14,23-26,39H,4-6,11,15-21H2,1-3H3,(H,34,43)(H,35,40)(H,36,44)(H,37,41)/b14-10-/t23-,24+,25-,26-,33+/m0/s1. The van der Waals surface area contributed by atoms with Gasteiger partial charge in [-0.05, 0) is 52.0 Å². The summed E-state index contributed by atoms with van der Waals surface area (Å²) in [6.07, 6.45) is 6.23. The lowest BCUT2D eigenvalue weighted by Crippen LogP contribution is -2.58. The molecule has 246 valence electrons. The van der Waals surface area contributed by atoms with Crippen LogP contribution in [-0.4, -0.2) is 82.1 Å². The number of rotatable bonds is 7. The zero-order chi connectivity index (χ0) is 32.6. The van der Waals surface area contributed by atoms with Crippen LogP contribution >= 0.6 is 0 Å². The van der Waals surface area contributed by atoms with Crippen LogP contribution in [0, 0.1) is 5.92 Å². The number of hydrogen-bond acceptors (Lipinski definition) is 7. The Bertz CT molecular complexity index is 1260. The van der Waals surface area contributed by atoms with Gasteiger partial charge in [0.05, 0.1) is 6.10 Å². The third-order valence-corrected chi connectivity index (χ3v) is 8.32. The van der Waals surface area contributed by atoms with Crippen LogP contribution in [0.25, 0.3) is 0 Å². The van der Waals surface area contributed by atoms with Crippen LogP contribution in [0.3, 0.4) is 0 Å². The van der Waals surface area contributed by atoms with Gasteiger partial charge >= 0.3 is 6.09 Å². The molecule has 0 aromatic heterocycles. The summed E-state index contributed by atoms with van der Waals surface area (Å²) < 4.78 is 5.38. The number of nitrogens with zero attached hydrogens (tertiary/aromatic N) is 1. The predicted molar refractivity (Wildman–Crippen MR) is 166 cm³/mol. The molecular weight excluding hydrogens is 578 g/mol. The van der Waals surface area contributed by atoms with Crippen molar-refractivity contribution in [3.8, 4) is 0 Å². The van der Waals surface area contributed by atoms with Crippen molar-refractivity contribution < 1.29 is 33.8 Å². The number of amides is 5. The highest BCUT2D eigenvalue weighted by Crippen LogP contribution is 2.45. The van der Waals surface area contributed by atoms with Gasteiger partial charge in [0.2, 0.25) is 23.6 Å². The second-order valence-corrected chi connectivity index (χ2v) is 13.2. The molecule has 0 spiro atoms. The summed E-state index contributed by atoms with van der Waals surface area (Å²) in [4.78, 5) is 67.2. The zero-order valence-electron chi connectivity index (χ0n) is 26.5. The molecule has 5 atom stereocenters. The Hall–Kier alpha value is -3.93. The summed E-state index contributed by atoms with van der Waals surface area (Å²) in [5, 5.41) is 21.7. The molecule has 2 aliphatic heterocycles. The van der Waals surface area contributed by atoms with E-state index in [0.717, 1.165) is 24.8 Å². The molecule has 45 heavy (non-hydrogen) atoms. The van der Waals surface area contributed by atoms with Crippen LogP contribution in [-0.2, 0) is 30.5 Å². The molecule has 0 radical (unpaired) electrons. The fraction of sp³-hybridized carbons (Fsp3) is 0.606. The van der Waals surface area contributed by atoms with Gasteiger partial charge in [-0.15, -0.1) is 0 Å². The molecule has 12 heteroatoms. The Labute approximate surface area is 264 Å². The molecule has 1 aliphatic carbocycles. The van der Waals surface area contributed by atoms with Gasteiger partial charge in [0.25, 0.3) is 0 Å². The normalized spacial score (nSPS) is 27.9. The quantitative estimate of drug-likeness (QED) is 0.289. The summed E-state index contributed by atoms with van der Waals surface area (Å²) in [6, 6.07) is 7.57. The maximum atomic E-state index is 13.7. The lowest BCUT2D eigenvalue weighted by molar-refractivity contribution is -0.141. The largest absolute Gasteiger partial charge is 0.444 e. The number of carbonyl (C=O) groups excluding carboxylic acids is 5. The lowest BCUT2D eigenvalue weighted by Gasteiger charge is -2.30. The van der Waals surface area contributed by atoms with Gasteiger partial charge in [-0.2, -0.15) is 0 Å². The van der Waals surface area contributed by atoms with E-state index >= 15 is 0 Å². The number of alkyl carbamates (subject to hydrolysis) is 1. The average molecular weight is 626 g/mol. The van der Waals surface area contributed by atoms with E-state index < -0.39 is 53.1 Å². The third kappa shape index (κ3) is 9.53. The van der Waals surface area contributed by atoms with Gasteiger partial charge in [-0.1, -0.05) is 55.3 Å². The molecule has 1 aromatic rings. The Morgan fingerprint density at radius 2 is 1.84 bits per heavy atom. The molecule has 1 saturated heterocycles. The first-order valence-electron chi connectivity index (χ1n) is 15.9. The Balaban J connectivity index is 1.43. The van der Waals surface area contributed by atoms with Gasteiger partial charge in [0.1, 0.15) is 23.2 Å². The van der Waals surface area contributed by atoms with E-state index in [4.69, 9.17) is 4.74 Å². The maximum absolute atomic E-state index is 13.7. The first-order valence-corrected chi connectivity index (χ1v) is 15.9. The van der Waals surface area contributed by atoms with Crippen LogP contribution in [0.4, 0.5) is 4.79 Å². The third-order valence-electron chi connectivity index (χ3n) is 8.32. The van der Waals surface area contributed by atoms with E-state index in [2.05, 4.69) is 21.3 Å². The highest BCUT2D eigenvalue weighted by Gasteiger charge is 2.60. The van der Waals surface area contributed by atoms with Crippen molar-refractivity contribution >= 4 is 29.7 Å². The highest BCUT2D eigenvalue weighted by atomic mass is 16.6. The number of nitrogens with one attached hydrogen (secondary N) is 4. The number of ether oxygens (including phenoxy) is 1. The van der Waals surface area contributed by atoms with Crippen molar-refractivity contribution in [1.82, 2.24) is 26.2 Å². The second kappa shape index (κ2) is 14.9. The van der Waals surface area contributed by atoms with Gasteiger partial charge in [-0.25, -0.2) is 4.79 Å². The first-order chi connectivity index (χ1) is 21.4. The fourth-order valence-electron chi connectivity index (χ4n) is 5.88. The molecule has 5 amide bonds. The molecule has 1 aromatic carbocycles. The molecule has 0 bridgehead atoms. The Morgan fingerprint density at radius 3 is 2.58 bits per heavy atom. The van der Waals surface area contributed by atoms with E-state index in [9.17, 15) is 29.1 Å². The lowest BCUT2D eigenvalue weighted by atomic mass is 10.0. The van der Waals surface area contributed by atoms with E-state index in [-0.39, 0.29) is 37.8 Å². The molecule has 1 saturated carbocycles. The number of allylic oxidation sites excluding steroid dienone is 1. The van der Waals surface area contributed by atoms with Crippen LogP contribution in [0.1, 0.15) is 77.7 Å². The maximum Gasteiger partial charge on any atom is 0.408 e. The SMILES string of the molecule is CC(C)(C)OC(=O)N[C@H]1CCCCC/C=C\[C@H]2C[C@@]2(C(=O)NCCC(=O)NCc2ccccc2)NC(=O)[C@@H]2C[C@@H](O)CN2C1=O. The minimum absolute atomic E-state index is 0.0104. The summed E-state index contributed by atoms with van der Waals surface area (Å²) in [5.74, 6) is -1.86. The van der Waals surface area contributed by atoms with Crippen molar-refractivity contribution in [3.05, 3.63) is 48.0 Å². The minimum atomic E-state index is -1.22. The van der Waals surface area contributed by atoms with E-state index in [1.54, 1.807) is 20.8 Å². The molecule has 12 nitrogen and oxygen atoms in total. The van der Waals surface area contributed by atoms with Crippen molar-refractivity contribution in [2.75, 3.05) is 13.1 Å². The van der Waals surface area contributed by atoms with Crippen molar-refractivity contribution in [1.29, 1.82) is 0 Å². The Kier molecular flexibility index (Phi) is 11.2. The second-order valence-electron chi connectivity index (χ2n) is 13.2. The van der Waals surface area contributed by atoms with Crippen LogP contribution in [0.5, 0.6) is 0 Å². The van der Waals surface area contributed by atoms with Gasteiger partial charge in [-0.3, -0.25) is 19.2 Å². The summed E-state index contributed by atoms with van der Waals surface area (Å²) in [6.45, 7) is 5.61. The molecule has 2 fully saturated rings. The van der Waals surface area contributed by atoms with E-state index in [1.807, 2.05) is 42.5 Å². The number of benzene rings is 1. The van der Waals surface area contributed by atoms with Gasteiger partial charge < -0.3 is 36.0 Å². The predicted octanol–water partition coefficient (Wildman–Crippen LogP) is 2.06. The summed E-state index contributed by atoms with van der Waals surface area (Å²) in [7, 11) is 0. The van der Waals surface area contributed by atoms with Crippen molar-refractivity contribution in [3.63, 3.8) is 0 Å². The van der Waals surface area contributed by atoms with Gasteiger partial charge in [0.15, 0.2) is 0 Å². The average Bonchev–Trinajstić information content (AvgIpc) is 3.53. The van der Waals surface area contributed by atoms with Crippen molar-refractivity contribution in [2.45, 2.75) is 108 Å². The summed E-state index contributed by atoms with van der Waals surface area (Å²) in [5.41, 5.74) is -1.01. The Morgan fingerprint density at radius 1 is 1.09 bits per heavy atom. The number of aliphatic hydroxyl groups is 1. The van der Waals surface area contributed by atoms with Gasteiger partial charge in [0, 0.05) is 38.4 Å². The van der Waals surface area contributed by atoms with Crippen LogP contribution in [0.15, 0.2) is 42.5 Å². The van der Waals surface area contributed by atoms with Crippen molar-refractivity contribution in [2.24, 2.45) is 5.92 Å². The fourth-order valence-corrected chi connectivity index (χ4v) is 5.88. The van der Waals surface area contributed by atoms with E-state index in [1.165, 1.54) is 4.90 Å². The number of hydrogen-bond donors (Lipinski definition) is 5. The number of carbonyl (C=O) groups is 5. The molecule has 5 N–H and O–H groups in total. The minimum Gasteiger partial charge on any atom is -0.444 e. The molecule has 3 aliphatic rings. The number of aliphatic hydroxyl groups excluding tert-OH is 1. The monoisotopic (exact) mass is 625 g/mol. The smallest absolute Gasteiger partial charge is 0.408 e. The molecule has 4 rings (SSSR count). The summed E-state index contributed by atoms with van der Waals surface area (Å²) >= 11 is 0. The molecule has 2 heterocycles. The van der Waals surface area contributed by atoms with E-state index in [0.29, 0.717) is 25.8 Å². The molecular formula is C33H47N5O7. The highest BCUT2D eigenvalue weighted by molar-refractivity contribution is 5.98. The zero-order valence-corrected chi connectivity index (χ0v) is 26.5. The first kappa shape index (κ1) is 34.0. The molecule has 0 unspecified atom stereocenters. The number of fused-ring (bicyclic) bond motifs is 2. The van der Waals surface area contributed by atoms with Crippen LogP contribution < -0.4 is 21.3 Å².